The van der Waals surface area contributed by atoms with Gasteiger partial charge in [0.05, 0.1) is 5.52 Å². The van der Waals surface area contributed by atoms with E-state index in [-0.39, 0.29) is 18.3 Å². The molecular formula is C16H14FN3O. The SMILES string of the molecule is CNC(=O)Cn1nc(-c2ccccc2)c2cc(F)ccc21. The number of halogens is 1. The predicted molar refractivity (Wildman–Crippen MR) is 79.2 cm³/mol. The summed E-state index contributed by atoms with van der Waals surface area (Å²) in [6, 6.07) is 14.0. The van der Waals surface area contributed by atoms with E-state index in [1.165, 1.54) is 12.1 Å². The molecule has 0 spiro atoms. The number of aromatic nitrogens is 2. The van der Waals surface area contributed by atoms with Gasteiger partial charge in [0, 0.05) is 18.0 Å². The van der Waals surface area contributed by atoms with Crippen molar-refractivity contribution in [2.24, 2.45) is 0 Å². The van der Waals surface area contributed by atoms with Crippen molar-refractivity contribution in [3.8, 4) is 11.3 Å². The molecule has 1 N–H and O–H groups in total. The van der Waals surface area contributed by atoms with Crippen LogP contribution in [-0.2, 0) is 11.3 Å². The first-order valence-corrected chi connectivity index (χ1v) is 6.61. The molecule has 3 rings (SSSR count). The van der Waals surface area contributed by atoms with Gasteiger partial charge in [-0.15, -0.1) is 0 Å². The summed E-state index contributed by atoms with van der Waals surface area (Å²) in [4.78, 5) is 11.6. The molecule has 0 aliphatic carbocycles. The third-order valence-corrected chi connectivity index (χ3v) is 3.33. The van der Waals surface area contributed by atoms with Crippen molar-refractivity contribution in [1.82, 2.24) is 15.1 Å². The topological polar surface area (TPSA) is 46.9 Å². The summed E-state index contributed by atoms with van der Waals surface area (Å²) in [5.74, 6) is -0.470. The average molecular weight is 283 g/mol. The zero-order valence-corrected chi connectivity index (χ0v) is 11.5. The van der Waals surface area contributed by atoms with Crippen LogP contribution in [0.25, 0.3) is 22.2 Å². The number of likely N-dealkylation sites (N-methyl/N-ethyl adjacent to an activating group) is 1. The average Bonchev–Trinajstić information content (AvgIpc) is 2.86. The lowest BCUT2D eigenvalue weighted by Gasteiger charge is -2.01. The highest BCUT2D eigenvalue weighted by Crippen LogP contribution is 2.28. The van der Waals surface area contributed by atoms with Gasteiger partial charge in [-0.2, -0.15) is 5.10 Å². The minimum absolute atomic E-state index is 0.103. The van der Waals surface area contributed by atoms with E-state index in [0.29, 0.717) is 11.1 Å². The Morgan fingerprint density at radius 2 is 2.00 bits per heavy atom. The third kappa shape index (κ3) is 2.50. The van der Waals surface area contributed by atoms with Crippen LogP contribution < -0.4 is 5.32 Å². The van der Waals surface area contributed by atoms with E-state index in [9.17, 15) is 9.18 Å². The first kappa shape index (κ1) is 13.3. The Bertz CT molecular complexity index is 796. The summed E-state index contributed by atoms with van der Waals surface area (Å²) in [5, 5.41) is 7.74. The van der Waals surface area contributed by atoms with Gasteiger partial charge in [0.15, 0.2) is 0 Å². The van der Waals surface area contributed by atoms with Crippen molar-refractivity contribution < 1.29 is 9.18 Å². The second-order valence-electron chi connectivity index (χ2n) is 4.71. The number of nitrogens with zero attached hydrogens (tertiary/aromatic N) is 2. The lowest BCUT2D eigenvalue weighted by molar-refractivity contribution is -0.121. The predicted octanol–water partition coefficient (Wildman–Crippen LogP) is 2.59. The van der Waals surface area contributed by atoms with Gasteiger partial charge >= 0.3 is 0 Å². The van der Waals surface area contributed by atoms with Crippen molar-refractivity contribution in [2.45, 2.75) is 6.54 Å². The van der Waals surface area contributed by atoms with Gasteiger partial charge in [0.2, 0.25) is 5.91 Å². The van der Waals surface area contributed by atoms with E-state index in [2.05, 4.69) is 10.4 Å². The molecular weight excluding hydrogens is 269 g/mol. The van der Waals surface area contributed by atoms with Crippen molar-refractivity contribution >= 4 is 16.8 Å². The van der Waals surface area contributed by atoms with Crippen LogP contribution in [0.5, 0.6) is 0 Å². The maximum atomic E-state index is 13.6. The molecule has 4 nitrogen and oxygen atoms in total. The summed E-state index contributed by atoms with van der Waals surface area (Å²) >= 11 is 0. The van der Waals surface area contributed by atoms with Crippen LogP contribution >= 0.6 is 0 Å². The van der Waals surface area contributed by atoms with Crippen LogP contribution in [0.3, 0.4) is 0 Å². The van der Waals surface area contributed by atoms with E-state index >= 15 is 0 Å². The Kier molecular flexibility index (Phi) is 3.39. The molecule has 5 heteroatoms. The molecule has 106 valence electrons. The number of carbonyl (C=O) groups is 1. The van der Waals surface area contributed by atoms with E-state index in [1.807, 2.05) is 30.3 Å². The number of benzene rings is 2. The van der Waals surface area contributed by atoms with E-state index < -0.39 is 0 Å². The van der Waals surface area contributed by atoms with Crippen LogP contribution in [0.2, 0.25) is 0 Å². The molecule has 0 atom stereocenters. The summed E-state index contributed by atoms with van der Waals surface area (Å²) in [7, 11) is 1.58. The molecule has 1 aromatic heterocycles. The number of hydrogen-bond donors (Lipinski definition) is 1. The fourth-order valence-electron chi connectivity index (χ4n) is 2.30. The Morgan fingerprint density at radius 3 is 2.71 bits per heavy atom. The number of amides is 1. The van der Waals surface area contributed by atoms with Crippen LogP contribution in [0.15, 0.2) is 48.5 Å². The fraction of sp³-hybridized carbons (Fsp3) is 0.125. The smallest absolute Gasteiger partial charge is 0.241 e. The molecule has 0 fully saturated rings. The largest absolute Gasteiger partial charge is 0.358 e. The maximum Gasteiger partial charge on any atom is 0.241 e. The fourth-order valence-corrected chi connectivity index (χ4v) is 2.30. The zero-order valence-electron chi connectivity index (χ0n) is 11.5. The molecule has 3 aromatic rings. The normalized spacial score (nSPS) is 10.8. The Balaban J connectivity index is 2.20. The highest BCUT2D eigenvalue weighted by Gasteiger charge is 2.14. The van der Waals surface area contributed by atoms with Crippen molar-refractivity contribution in [2.75, 3.05) is 7.05 Å². The van der Waals surface area contributed by atoms with Gasteiger partial charge in [0.25, 0.3) is 0 Å². The molecule has 21 heavy (non-hydrogen) atoms. The van der Waals surface area contributed by atoms with Gasteiger partial charge in [-0.1, -0.05) is 30.3 Å². The van der Waals surface area contributed by atoms with Gasteiger partial charge in [-0.25, -0.2) is 4.39 Å². The lowest BCUT2D eigenvalue weighted by atomic mass is 10.1. The molecule has 0 bridgehead atoms. The molecule has 0 saturated heterocycles. The highest BCUT2D eigenvalue weighted by molar-refractivity contribution is 5.94. The maximum absolute atomic E-state index is 13.6. The zero-order chi connectivity index (χ0) is 14.8. The van der Waals surface area contributed by atoms with Crippen molar-refractivity contribution in [3.63, 3.8) is 0 Å². The Morgan fingerprint density at radius 1 is 1.24 bits per heavy atom. The lowest BCUT2D eigenvalue weighted by Crippen LogP contribution is -2.23. The first-order chi connectivity index (χ1) is 10.2. The minimum atomic E-state index is -0.320. The van der Waals surface area contributed by atoms with Crippen LogP contribution in [0.1, 0.15) is 0 Å². The third-order valence-electron chi connectivity index (χ3n) is 3.33. The standard InChI is InChI=1S/C16H14FN3O/c1-18-15(21)10-20-14-8-7-12(17)9-13(14)16(19-20)11-5-3-2-4-6-11/h2-9H,10H2,1H3,(H,18,21). The number of rotatable bonds is 3. The quantitative estimate of drug-likeness (QED) is 0.803. The molecule has 0 aliphatic heterocycles. The minimum Gasteiger partial charge on any atom is -0.358 e. The van der Waals surface area contributed by atoms with E-state index in [0.717, 1.165) is 11.1 Å². The molecule has 0 aliphatic rings. The van der Waals surface area contributed by atoms with Gasteiger partial charge in [-0.3, -0.25) is 9.48 Å². The molecule has 0 saturated carbocycles. The summed E-state index contributed by atoms with van der Waals surface area (Å²) in [5.41, 5.74) is 2.30. The Hall–Kier alpha value is -2.69. The van der Waals surface area contributed by atoms with Crippen LogP contribution in [0, 0.1) is 5.82 Å². The molecule has 0 radical (unpaired) electrons. The van der Waals surface area contributed by atoms with E-state index in [4.69, 9.17) is 0 Å². The number of nitrogens with one attached hydrogen (secondary N) is 1. The number of carbonyl (C=O) groups excluding carboxylic acids is 1. The monoisotopic (exact) mass is 283 g/mol. The molecule has 1 heterocycles. The van der Waals surface area contributed by atoms with Gasteiger partial charge in [0.1, 0.15) is 18.1 Å². The molecule has 1 amide bonds. The van der Waals surface area contributed by atoms with Gasteiger partial charge < -0.3 is 5.32 Å². The van der Waals surface area contributed by atoms with Crippen molar-refractivity contribution in [1.29, 1.82) is 0 Å². The highest BCUT2D eigenvalue weighted by atomic mass is 19.1. The van der Waals surface area contributed by atoms with Crippen LogP contribution in [0.4, 0.5) is 4.39 Å². The number of fused-ring (bicyclic) bond motifs is 1. The first-order valence-electron chi connectivity index (χ1n) is 6.61. The van der Waals surface area contributed by atoms with Crippen molar-refractivity contribution in [3.05, 3.63) is 54.3 Å². The van der Waals surface area contributed by atoms with Crippen LogP contribution in [-0.4, -0.2) is 22.7 Å². The van der Waals surface area contributed by atoms with Gasteiger partial charge in [-0.05, 0) is 18.2 Å². The second kappa shape index (κ2) is 5.36. The summed E-state index contributed by atoms with van der Waals surface area (Å²) in [6.45, 7) is 0.103. The number of hydrogen-bond acceptors (Lipinski definition) is 2. The second-order valence-corrected chi connectivity index (χ2v) is 4.71. The summed E-state index contributed by atoms with van der Waals surface area (Å²) in [6.07, 6.45) is 0. The summed E-state index contributed by atoms with van der Waals surface area (Å²) < 4.78 is 15.1. The molecule has 2 aromatic carbocycles. The molecule has 0 unspecified atom stereocenters. The van der Waals surface area contributed by atoms with E-state index in [1.54, 1.807) is 17.8 Å². The Labute approximate surface area is 121 Å².